The molecule has 23 heavy (non-hydrogen) atoms. The lowest BCUT2D eigenvalue weighted by molar-refractivity contribution is -0.144. The van der Waals surface area contributed by atoms with E-state index in [2.05, 4.69) is 19.6 Å². The molecule has 1 aromatic carbocycles. The molecular formula is C17H29NO3Si2. The Kier molecular flexibility index (Phi) is 6.36. The highest BCUT2D eigenvalue weighted by Gasteiger charge is 2.39. The van der Waals surface area contributed by atoms with E-state index >= 15 is 0 Å². The van der Waals surface area contributed by atoms with Crippen molar-refractivity contribution in [3.05, 3.63) is 35.9 Å². The maximum Gasteiger partial charge on any atom is 0.315 e. The van der Waals surface area contributed by atoms with Gasteiger partial charge in [-0.15, -0.1) is 0 Å². The maximum absolute atomic E-state index is 12.8. The second-order valence-corrected chi connectivity index (χ2v) is 17.1. The normalized spacial score (nSPS) is 13.3. The van der Waals surface area contributed by atoms with Crippen LogP contribution in [0.1, 0.15) is 12.5 Å². The molecule has 0 bridgehead atoms. The first-order chi connectivity index (χ1) is 10.4. The summed E-state index contributed by atoms with van der Waals surface area (Å²) in [7, 11) is -4.02. The summed E-state index contributed by atoms with van der Waals surface area (Å²) in [6, 6.07) is 9.26. The molecule has 0 saturated heterocycles. The van der Waals surface area contributed by atoms with Gasteiger partial charge in [0.15, 0.2) is 8.24 Å². The van der Waals surface area contributed by atoms with E-state index in [4.69, 9.17) is 4.43 Å². The molecule has 0 N–H and O–H groups in total. The Morgan fingerprint density at radius 2 is 1.57 bits per heavy atom. The van der Waals surface area contributed by atoms with Crippen LogP contribution >= 0.6 is 0 Å². The topological polar surface area (TPSA) is 46.6 Å². The van der Waals surface area contributed by atoms with E-state index in [-0.39, 0.29) is 11.9 Å². The van der Waals surface area contributed by atoms with E-state index in [0.717, 1.165) is 5.56 Å². The van der Waals surface area contributed by atoms with Crippen LogP contribution < -0.4 is 0 Å². The van der Waals surface area contributed by atoms with Crippen molar-refractivity contribution in [2.45, 2.75) is 58.7 Å². The van der Waals surface area contributed by atoms with E-state index in [1.165, 1.54) is 6.92 Å². The van der Waals surface area contributed by atoms with Crippen molar-refractivity contribution in [3.63, 3.8) is 0 Å². The van der Waals surface area contributed by atoms with Crippen molar-refractivity contribution >= 4 is 28.4 Å². The first-order valence-electron chi connectivity index (χ1n) is 7.98. The van der Waals surface area contributed by atoms with Crippen molar-refractivity contribution in [3.8, 4) is 0 Å². The number of hydrogen-bond acceptors (Lipinski definition) is 3. The van der Waals surface area contributed by atoms with Gasteiger partial charge in [0.25, 0.3) is 0 Å². The first-order valence-corrected chi connectivity index (χ1v) is 14.8. The molecule has 0 spiro atoms. The van der Waals surface area contributed by atoms with Gasteiger partial charge in [0.2, 0.25) is 14.2 Å². The van der Waals surface area contributed by atoms with Gasteiger partial charge >= 0.3 is 5.97 Å². The zero-order valence-corrected chi connectivity index (χ0v) is 17.3. The molecule has 0 unspecified atom stereocenters. The number of rotatable bonds is 6. The lowest BCUT2D eigenvalue weighted by atomic mass is 10.1. The van der Waals surface area contributed by atoms with E-state index in [1.807, 2.05) is 50.0 Å². The fourth-order valence-electron chi connectivity index (χ4n) is 2.65. The SMILES string of the molecule is CC(=O)N([C@@H](Cc1ccccc1)C(=O)O[Si](C)(C)C)[Si](C)(C)C. The van der Waals surface area contributed by atoms with Crippen molar-refractivity contribution < 1.29 is 14.0 Å². The Morgan fingerprint density at radius 1 is 1.04 bits per heavy atom. The van der Waals surface area contributed by atoms with Crippen LogP contribution in [0.2, 0.25) is 39.3 Å². The number of hydrogen-bond donors (Lipinski definition) is 0. The third-order valence-corrected chi connectivity index (χ3v) is 6.21. The fourth-order valence-corrected chi connectivity index (χ4v) is 5.46. The van der Waals surface area contributed by atoms with Gasteiger partial charge in [0.05, 0.1) is 0 Å². The quantitative estimate of drug-likeness (QED) is 0.735. The average Bonchev–Trinajstić information content (AvgIpc) is 2.35. The highest BCUT2D eigenvalue weighted by molar-refractivity contribution is 6.76. The van der Waals surface area contributed by atoms with Gasteiger partial charge in [-0.3, -0.25) is 9.59 Å². The standard InChI is InChI=1S/C17H29NO3Si2/c1-14(19)18(22(2,3)4)16(17(20)21-23(5,6)7)13-15-11-9-8-10-12-15/h8-12,16H,13H2,1-7H3/t16-/m0/s1. The Labute approximate surface area is 142 Å². The molecule has 0 aromatic heterocycles. The molecule has 0 aliphatic rings. The van der Waals surface area contributed by atoms with Gasteiger partial charge in [0.1, 0.15) is 6.04 Å². The molecule has 1 rings (SSSR count). The summed E-state index contributed by atoms with van der Waals surface area (Å²) in [5.41, 5.74) is 1.04. The molecule has 0 fully saturated rings. The Hall–Kier alpha value is -1.41. The number of carbonyl (C=O) groups is 2. The monoisotopic (exact) mass is 351 g/mol. The maximum atomic E-state index is 12.8. The van der Waals surface area contributed by atoms with Crippen LogP contribution in [-0.2, 0) is 20.4 Å². The van der Waals surface area contributed by atoms with Crippen LogP contribution in [0.25, 0.3) is 0 Å². The summed E-state index contributed by atoms with van der Waals surface area (Å²) in [5, 5.41) is 0. The average molecular weight is 352 g/mol. The molecule has 128 valence electrons. The second kappa shape index (κ2) is 7.44. The summed E-state index contributed by atoms with van der Waals surface area (Å²) >= 11 is 0. The van der Waals surface area contributed by atoms with Gasteiger partial charge in [-0.05, 0) is 25.2 Å². The summed E-state index contributed by atoms with van der Waals surface area (Å²) in [6.45, 7) is 13.7. The summed E-state index contributed by atoms with van der Waals surface area (Å²) in [5.74, 6) is -0.330. The van der Waals surface area contributed by atoms with Crippen molar-refractivity contribution in [2.24, 2.45) is 0 Å². The molecule has 6 heteroatoms. The third kappa shape index (κ3) is 6.31. The van der Waals surface area contributed by atoms with E-state index in [9.17, 15) is 9.59 Å². The number of benzene rings is 1. The Balaban J connectivity index is 3.19. The zero-order valence-electron chi connectivity index (χ0n) is 15.3. The van der Waals surface area contributed by atoms with Crippen molar-refractivity contribution in [2.75, 3.05) is 0 Å². The van der Waals surface area contributed by atoms with Crippen molar-refractivity contribution in [1.82, 2.24) is 4.57 Å². The Morgan fingerprint density at radius 3 is 1.96 bits per heavy atom. The number of carbonyl (C=O) groups excluding carboxylic acids is 2. The molecule has 1 aromatic rings. The fraction of sp³-hybridized carbons (Fsp3) is 0.529. The minimum atomic E-state index is -2.01. The number of nitrogens with zero attached hydrogens (tertiary/aromatic N) is 1. The van der Waals surface area contributed by atoms with Gasteiger partial charge in [-0.2, -0.15) is 0 Å². The molecule has 0 aliphatic heterocycles. The Bertz CT molecular complexity index is 547. The lowest BCUT2D eigenvalue weighted by Gasteiger charge is -2.40. The number of amides is 1. The predicted molar refractivity (Wildman–Crippen MR) is 99.2 cm³/mol. The molecular weight excluding hydrogens is 322 g/mol. The minimum Gasteiger partial charge on any atom is -0.518 e. The van der Waals surface area contributed by atoms with Gasteiger partial charge in [-0.1, -0.05) is 50.0 Å². The molecule has 1 atom stereocenters. The van der Waals surface area contributed by atoms with E-state index in [1.54, 1.807) is 4.57 Å². The van der Waals surface area contributed by atoms with Gasteiger partial charge in [-0.25, -0.2) is 0 Å². The van der Waals surface area contributed by atoms with Crippen molar-refractivity contribution in [1.29, 1.82) is 0 Å². The van der Waals surface area contributed by atoms with E-state index in [0.29, 0.717) is 6.42 Å². The molecule has 0 saturated carbocycles. The molecule has 1 amide bonds. The van der Waals surface area contributed by atoms with Crippen LogP contribution in [-0.4, -0.2) is 39.0 Å². The predicted octanol–water partition coefficient (Wildman–Crippen LogP) is 3.66. The molecule has 0 heterocycles. The molecule has 0 radical (unpaired) electrons. The zero-order chi connectivity index (χ0) is 17.8. The van der Waals surface area contributed by atoms with E-state index < -0.39 is 22.6 Å². The highest BCUT2D eigenvalue weighted by atomic mass is 28.4. The smallest absolute Gasteiger partial charge is 0.315 e. The van der Waals surface area contributed by atoms with Gasteiger partial charge in [0, 0.05) is 13.3 Å². The minimum absolute atomic E-state index is 0.0578. The summed E-state index contributed by atoms with van der Waals surface area (Å²) in [4.78, 5) is 25.1. The largest absolute Gasteiger partial charge is 0.518 e. The molecule has 4 nitrogen and oxygen atoms in total. The second-order valence-electron chi connectivity index (χ2n) is 7.80. The van der Waals surface area contributed by atoms with Gasteiger partial charge < -0.3 is 8.99 Å². The van der Waals surface area contributed by atoms with Crippen LogP contribution in [0.4, 0.5) is 0 Å². The van der Waals surface area contributed by atoms with Crippen LogP contribution in [0.5, 0.6) is 0 Å². The third-order valence-electron chi connectivity index (χ3n) is 3.32. The summed E-state index contributed by atoms with van der Waals surface area (Å²) in [6.07, 6.45) is 0.494. The van der Waals surface area contributed by atoms with Crippen LogP contribution in [0.3, 0.4) is 0 Å². The van der Waals surface area contributed by atoms with Crippen LogP contribution in [0.15, 0.2) is 30.3 Å². The lowest BCUT2D eigenvalue weighted by Crippen LogP contribution is -2.59. The molecule has 0 aliphatic carbocycles. The first kappa shape index (κ1) is 19.6. The van der Waals surface area contributed by atoms with Crippen LogP contribution in [0, 0.1) is 0 Å². The highest BCUT2D eigenvalue weighted by Crippen LogP contribution is 2.20. The summed E-state index contributed by atoms with van der Waals surface area (Å²) < 4.78 is 7.51.